The molecule has 6 rings (SSSR count). The minimum Gasteiger partial charge on any atom is -0.444 e. The van der Waals surface area contributed by atoms with Crippen molar-refractivity contribution in [1.82, 2.24) is 20.4 Å². The van der Waals surface area contributed by atoms with Crippen LogP contribution in [0, 0.1) is 5.92 Å². The second kappa shape index (κ2) is 10.4. The van der Waals surface area contributed by atoms with E-state index in [2.05, 4.69) is 20.4 Å². The number of likely N-dealkylation sites (tertiary alicyclic amines) is 1. The molecule has 3 atom stereocenters. The average Bonchev–Trinajstić information content (AvgIpc) is 3.56. The van der Waals surface area contributed by atoms with Gasteiger partial charge in [-0.05, 0) is 83.4 Å². The molecule has 1 unspecified atom stereocenters. The number of alkyl carbamates (subject to hydrolysis) is 1. The van der Waals surface area contributed by atoms with Crippen LogP contribution >= 0.6 is 0 Å². The van der Waals surface area contributed by atoms with Crippen LogP contribution in [0.25, 0.3) is 0 Å². The minimum atomic E-state index is -0.955. The van der Waals surface area contributed by atoms with E-state index in [0.717, 1.165) is 62.3 Å². The molecule has 0 aromatic heterocycles. The summed E-state index contributed by atoms with van der Waals surface area (Å²) in [5.74, 6) is -1.31. The number of anilines is 1. The van der Waals surface area contributed by atoms with Gasteiger partial charge in [0.2, 0.25) is 11.8 Å². The molecule has 220 valence electrons. The standard InChI is InChI=1S/C30H39N5O6/c1-30(2,3)41-29(40)31-18-6-4-17(5-7-18)14-33-15-21-12-20(33)16-34(21)19-8-9-22-23(13-19)28(39)35(27(22)38)24-10-11-25(36)32-26(24)37/h8-9,13,17-18,20-21,24H,4-7,10-12,14-16H2,1-3H3,(H,31,40)(H,32,36,37)/t17?,18?,20-,21-,24?/m1/s1. The number of carbonyl (C=O) groups is 5. The molecule has 1 aliphatic carbocycles. The van der Waals surface area contributed by atoms with Crippen LogP contribution in [0.15, 0.2) is 18.2 Å². The van der Waals surface area contributed by atoms with Crippen LogP contribution in [-0.2, 0) is 14.3 Å². The number of hydrogen-bond donors (Lipinski definition) is 2. The number of rotatable bonds is 5. The molecule has 4 fully saturated rings. The fourth-order valence-electron chi connectivity index (χ4n) is 7.22. The number of hydrogen-bond acceptors (Lipinski definition) is 8. The Labute approximate surface area is 239 Å². The zero-order valence-corrected chi connectivity index (χ0v) is 24.0. The fraction of sp³-hybridized carbons (Fsp3) is 0.633. The largest absolute Gasteiger partial charge is 0.444 e. The highest BCUT2D eigenvalue weighted by Crippen LogP contribution is 2.38. The normalized spacial score (nSPS) is 30.1. The van der Waals surface area contributed by atoms with Crippen LogP contribution in [0.4, 0.5) is 10.5 Å². The molecule has 2 bridgehead atoms. The predicted molar refractivity (Wildman–Crippen MR) is 149 cm³/mol. The predicted octanol–water partition coefficient (Wildman–Crippen LogP) is 2.43. The average molecular weight is 566 g/mol. The summed E-state index contributed by atoms with van der Waals surface area (Å²) in [5, 5.41) is 5.27. The second-order valence-corrected chi connectivity index (χ2v) is 13.2. The van der Waals surface area contributed by atoms with Crippen molar-refractivity contribution in [3.8, 4) is 0 Å². The first-order valence-electron chi connectivity index (χ1n) is 14.8. The fourth-order valence-corrected chi connectivity index (χ4v) is 7.22. The Bertz CT molecular complexity index is 1280. The van der Waals surface area contributed by atoms with E-state index in [1.807, 2.05) is 26.8 Å². The van der Waals surface area contributed by atoms with E-state index in [1.165, 1.54) is 0 Å². The summed E-state index contributed by atoms with van der Waals surface area (Å²) in [4.78, 5) is 68.3. The number of piperazine rings is 1. The van der Waals surface area contributed by atoms with Gasteiger partial charge >= 0.3 is 6.09 Å². The molecule has 11 heteroatoms. The van der Waals surface area contributed by atoms with E-state index < -0.39 is 29.4 Å². The summed E-state index contributed by atoms with van der Waals surface area (Å²) in [7, 11) is 0. The van der Waals surface area contributed by atoms with E-state index in [0.29, 0.717) is 29.1 Å². The Hall–Kier alpha value is -3.47. The summed E-state index contributed by atoms with van der Waals surface area (Å²) >= 11 is 0. The Morgan fingerprint density at radius 3 is 2.37 bits per heavy atom. The molecule has 4 heterocycles. The molecular formula is C30H39N5O6. The van der Waals surface area contributed by atoms with Crippen LogP contribution in [0.1, 0.15) is 86.4 Å². The van der Waals surface area contributed by atoms with Gasteiger partial charge < -0.3 is 15.0 Å². The molecule has 0 radical (unpaired) electrons. The number of benzene rings is 1. The molecule has 1 saturated carbocycles. The number of nitrogens with one attached hydrogen (secondary N) is 2. The number of amides is 5. The molecule has 0 spiro atoms. The number of fused-ring (bicyclic) bond motifs is 3. The van der Waals surface area contributed by atoms with Gasteiger partial charge in [-0.1, -0.05) is 0 Å². The van der Waals surface area contributed by atoms with E-state index in [9.17, 15) is 24.0 Å². The zero-order chi connectivity index (χ0) is 29.1. The lowest BCUT2D eigenvalue weighted by atomic mass is 9.85. The summed E-state index contributed by atoms with van der Waals surface area (Å²) in [5.41, 5.74) is 1.07. The molecule has 1 aromatic carbocycles. The van der Waals surface area contributed by atoms with Crippen molar-refractivity contribution in [3.05, 3.63) is 29.3 Å². The van der Waals surface area contributed by atoms with E-state index in [4.69, 9.17) is 4.74 Å². The first-order chi connectivity index (χ1) is 19.5. The molecule has 41 heavy (non-hydrogen) atoms. The van der Waals surface area contributed by atoms with Crippen LogP contribution in [-0.4, -0.2) is 88.9 Å². The molecule has 4 aliphatic heterocycles. The summed E-state index contributed by atoms with van der Waals surface area (Å²) < 4.78 is 5.40. The van der Waals surface area contributed by atoms with Crippen molar-refractivity contribution in [2.45, 2.75) is 95.5 Å². The quantitative estimate of drug-likeness (QED) is 0.521. The minimum absolute atomic E-state index is 0.104. The molecule has 3 saturated heterocycles. The highest BCUT2D eigenvalue weighted by molar-refractivity contribution is 6.23. The van der Waals surface area contributed by atoms with Crippen LogP contribution in [0.2, 0.25) is 0 Å². The SMILES string of the molecule is CC(C)(C)OC(=O)NC1CCC(CN2C[C@H]3C[C@@H]2CN3c2ccc3c(c2)C(=O)N(C2CCC(=O)NC2=O)C3=O)CC1. The Balaban J connectivity index is 1.03. The topological polar surface area (TPSA) is 128 Å². The monoisotopic (exact) mass is 565 g/mol. The first kappa shape index (κ1) is 27.7. The maximum atomic E-state index is 13.3. The molecule has 5 amide bonds. The van der Waals surface area contributed by atoms with E-state index in [-0.39, 0.29) is 30.9 Å². The number of nitrogens with zero attached hydrogens (tertiary/aromatic N) is 3. The maximum Gasteiger partial charge on any atom is 0.407 e. The van der Waals surface area contributed by atoms with Crippen LogP contribution in [0.5, 0.6) is 0 Å². The van der Waals surface area contributed by atoms with E-state index in [1.54, 1.807) is 12.1 Å². The molecule has 2 N–H and O–H groups in total. The highest BCUT2D eigenvalue weighted by Gasteiger charge is 2.47. The van der Waals surface area contributed by atoms with Gasteiger partial charge in [0.15, 0.2) is 0 Å². The lowest BCUT2D eigenvalue weighted by molar-refractivity contribution is -0.136. The maximum absolute atomic E-state index is 13.3. The van der Waals surface area contributed by atoms with Gasteiger partial charge in [0, 0.05) is 49.9 Å². The van der Waals surface area contributed by atoms with Gasteiger partial charge in [-0.3, -0.25) is 34.3 Å². The number of imide groups is 2. The zero-order valence-electron chi connectivity index (χ0n) is 24.0. The van der Waals surface area contributed by atoms with Gasteiger partial charge in [0.1, 0.15) is 11.6 Å². The van der Waals surface area contributed by atoms with Crippen molar-refractivity contribution < 1.29 is 28.7 Å². The molecule has 5 aliphatic rings. The van der Waals surface area contributed by atoms with Crippen LogP contribution < -0.4 is 15.5 Å². The number of ether oxygens (including phenoxy) is 1. The summed E-state index contributed by atoms with van der Waals surface area (Å²) in [6.45, 7) is 8.52. The third kappa shape index (κ3) is 5.43. The third-order valence-corrected chi connectivity index (χ3v) is 9.17. The van der Waals surface area contributed by atoms with Crippen molar-refractivity contribution >= 4 is 35.4 Å². The highest BCUT2D eigenvalue weighted by atomic mass is 16.6. The van der Waals surface area contributed by atoms with Gasteiger partial charge in [-0.25, -0.2) is 4.79 Å². The van der Waals surface area contributed by atoms with Crippen molar-refractivity contribution in [2.24, 2.45) is 5.92 Å². The second-order valence-electron chi connectivity index (χ2n) is 13.2. The molecule has 11 nitrogen and oxygen atoms in total. The Morgan fingerprint density at radius 2 is 1.71 bits per heavy atom. The van der Waals surface area contributed by atoms with Crippen molar-refractivity contribution in [2.75, 3.05) is 24.5 Å². The Kier molecular flexibility index (Phi) is 7.04. The van der Waals surface area contributed by atoms with Gasteiger partial charge in [-0.2, -0.15) is 0 Å². The number of carbonyl (C=O) groups excluding carboxylic acids is 5. The summed E-state index contributed by atoms with van der Waals surface area (Å²) in [6, 6.07) is 5.41. The van der Waals surface area contributed by atoms with Gasteiger partial charge in [0.05, 0.1) is 11.1 Å². The number of piperidine rings is 1. The lowest BCUT2D eigenvalue weighted by Gasteiger charge is -2.38. The Morgan fingerprint density at radius 1 is 0.976 bits per heavy atom. The van der Waals surface area contributed by atoms with E-state index >= 15 is 0 Å². The molecule has 1 aromatic rings. The lowest BCUT2D eigenvalue weighted by Crippen LogP contribution is -2.54. The van der Waals surface area contributed by atoms with Gasteiger partial charge in [-0.15, -0.1) is 0 Å². The summed E-state index contributed by atoms with van der Waals surface area (Å²) in [6.07, 6.45) is 5.10. The van der Waals surface area contributed by atoms with Crippen molar-refractivity contribution in [3.63, 3.8) is 0 Å². The molecular weight excluding hydrogens is 526 g/mol. The van der Waals surface area contributed by atoms with Crippen LogP contribution in [0.3, 0.4) is 0 Å². The smallest absolute Gasteiger partial charge is 0.407 e. The van der Waals surface area contributed by atoms with Gasteiger partial charge in [0.25, 0.3) is 11.8 Å². The van der Waals surface area contributed by atoms with Crippen molar-refractivity contribution in [1.29, 1.82) is 0 Å². The first-order valence-corrected chi connectivity index (χ1v) is 14.8. The third-order valence-electron chi connectivity index (χ3n) is 9.17.